The van der Waals surface area contributed by atoms with Gasteiger partial charge in [-0.15, -0.1) is 0 Å². The molecule has 0 radical (unpaired) electrons. The predicted octanol–water partition coefficient (Wildman–Crippen LogP) is 1.37. The maximum Gasteiger partial charge on any atom is 0.417 e. The standard InChI is InChI=1S/C19H20N4O4/c24-17(10-13-4-5-20-12-13)22-6-1-7-23(9-8-22)18(25)14-2-3-16-15(11-14)21-19(26)27-16/h2-5,11-12,20H,1,6-10H2,(H,21,26). The lowest BCUT2D eigenvalue weighted by molar-refractivity contribution is -0.130. The first-order valence-corrected chi connectivity index (χ1v) is 8.92. The van der Waals surface area contributed by atoms with E-state index in [-0.39, 0.29) is 11.8 Å². The number of benzene rings is 1. The van der Waals surface area contributed by atoms with Crippen LogP contribution >= 0.6 is 0 Å². The Bertz CT molecular complexity index is 1020. The van der Waals surface area contributed by atoms with Crippen molar-refractivity contribution in [1.82, 2.24) is 19.8 Å². The van der Waals surface area contributed by atoms with Crippen molar-refractivity contribution >= 4 is 22.9 Å². The van der Waals surface area contributed by atoms with Gasteiger partial charge in [0.25, 0.3) is 5.91 Å². The number of aromatic amines is 2. The summed E-state index contributed by atoms with van der Waals surface area (Å²) >= 11 is 0. The molecule has 0 aliphatic carbocycles. The van der Waals surface area contributed by atoms with Crippen molar-refractivity contribution in [2.24, 2.45) is 0 Å². The fraction of sp³-hybridized carbons (Fsp3) is 0.316. The monoisotopic (exact) mass is 368 g/mol. The summed E-state index contributed by atoms with van der Waals surface area (Å²) < 4.78 is 4.97. The SMILES string of the molecule is O=C(Cc1cc[nH]c1)N1CCCN(C(=O)c2ccc3oc(=O)[nH]c3c2)CC1. The molecule has 2 N–H and O–H groups in total. The van der Waals surface area contributed by atoms with Gasteiger partial charge in [0.1, 0.15) is 0 Å². The molecule has 3 aromatic rings. The summed E-state index contributed by atoms with van der Waals surface area (Å²) in [5.41, 5.74) is 2.38. The number of H-pyrrole nitrogens is 2. The molecule has 4 rings (SSSR count). The van der Waals surface area contributed by atoms with Crippen molar-refractivity contribution in [3.63, 3.8) is 0 Å². The Morgan fingerprint density at radius 3 is 2.70 bits per heavy atom. The molecule has 27 heavy (non-hydrogen) atoms. The van der Waals surface area contributed by atoms with Crippen molar-refractivity contribution in [3.05, 3.63) is 58.3 Å². The Hall–Kier alpha value is -3.29. The highest BCUT2D eigenvalue weighted by Gasteiger charge is 2.23. The third-order valence-corrected chi connectivity index (χ3v) is 4.82. The normalized spacial score (nSPS) is 15.1. The van der Waals surface area contributed by atoms with Crippen molar-refractivity contribution in [1.29, 1.82) is 0 Å². The fourth-order valence-electron chi connectivity index (χ4n) is 3.39. The molecular weight excluding hydrogens is 348 g/mol. The van der Waals surface area contributed by atoms with Gasteiger partial charge in [0.2, 0.25) is 5.91 Å². The molecule has 0 unspecified atom stereocenters. The molecule has 0 spiro atoms. The Morgan fingerprint density at radius 2 is 1.89 bits per heavy atom. The van der Waals surface area contributed by atoms with E-state index < -0.39 is 5.76 Å². The number of nitrogens with zero attached hydrogens (tertiary/aromatic N) is 2. The quantitative estimate of drug-likeness (QED) is 0.729. The molecule has 2 amide bonds. The zero-order valence-corrected chi connectivity index (χ0v) is 14.7. The van der Waals surface area contributed by atoms with Gasteiger partial charge in [-0.25, -0.2) is 4.79 Å². The Labute approximate surface area is 154 Å². The third-order valence-electron chi connectivity index (χ3n) is 4.82. The number of rotatable bonds is 3. The molecule has 1 aliphatic heterocycles. The second-order valence-corrected chi connectivity index (χ2v) is 6.65. The average molecular weight is 368 g/mol. The lowest BCUT2D eigenvalue weighted by Gasteiger charge is -2.22. The van der Waals surface area contributed by atoms with E-state index in [1.54, 1.807) is 29.3 Å². The van der Waals surface area contributed by atoms with Crippen molar-refractivity contribution in [2.45, 2.75) is 12.8 Å². The lowest BCUT2D eigenvalue weighted by Crippen LogP contribution is -2.37. The van der Waals surface area contributed by atoms with Crippen LogP contribution in [0.5, 0.6) is 0 Å². The first-order valence-electron chi connectivity index (χ1n) is 8.92. The van der Waals surface area contributed by atoms with E-state index in [2.05, 4.69) is 9.97 Å². The van der Waals surface area contributed by atoms with Gasteiger partial charge in [0, 0.05) is 44.1 Å². The first-order chi connectivity index (χ1) is 13.1. The Kier molecular flexibility index (Phi) is 4.53. The highest BCUT2D eigenvalue weighted by molar-refractivity contribution is 5.97. The maximum atomic E-state index is 12.8. The van der Waals surface area contributed by atoms with E-state index in [1.165, 1.54) is 0 Å². The smallest absolute Gasteiger partial charge is 0.408 e. The van der Waals surface area contributed by atoms with Crippen LogP contribution in [-0.2, 0) is 11.2 Å². The number of carbonyl (C=O) groups excluding carboxylic acids is 2. The van der Waals surface area contributed by atoms with E-state index in [0.29, 0.717) is 49.3 Å². The van der Waals surface area contributed by atoms with Crippen LogP contribution in [0, 0.1) is 0 Å². The van der Waals surface area contributed by atoms with E-state index in [0.717, 1.165) is 12.0 Å². The van der Waals surface area contributed by atoms with Crippen molar-refractivity contribution in [3.8, 4) is 0 Å². The molecule has 0 atom stereocenters. The summed E-state index contributed by atoms with van der Waals surface area (Å²) in [4.78, 5) is 45.7. The molecule has 0 bridgehead atoms. The number of fused-ring (bicyclic) bond motifs is 1. The second-order valence-electron chi connectivity index (χ2n) is 6.65. The van der Waals surface area contributed by atoms with Gasteiger partial charge < -0.3 is 19.2 Å². The average Bonchev–Trinajstić information content (AvgIpc) is 3.21. The summed E-state index contributed by atoms with van der Waals surface area (Å²) in [7, 11) is 0. The number of oxazole rings is 1. The van der Waals surface area contributed by atoms with Crippen LogP contribution in [0.15, 0.2) is 45.9 Å². The molecule has 140 valence electrons. The number of hydrogen-bond acceptors (Lipinski definition) is 4. The highest BCUT2D eigenvalue weighted by atomic mass is 16.4. The molecular formula is C19H20N4O4. The summed E-state index contributed by atoms with van der Waals surface area (Å²) in [5, 5.41) is 0. The molecule has 1 aromatic carbocycles. The Morgan fingerprint density at radius 1 is 1.07 bits per heavy atom. The van der Waals surface area contributed by atoms with Gasteiger partial charge in [-0.2, -0.15) is 0 Å². The molecule has 0 saturated carbocycles. The predicted molar refractivity (Wildman–Crippen MR) is 98.4 cm³/mol. The van der Waals surface area contributed by atoms with E-state index in [9.17, 15) is 14.4 Å². The van der Waals surface area contributed by atoms with Gasteiger partial charge in [-0.05, 0) is 36.2 Å². The topological polar surface area (TPSA) is 102 Å². The molecule has 8 heteroatoms. The highest BCUT2D eigenvalue weighted by Crippen LogP contribution is 2.16. The first kappa shape index (κ1) is 17.1. The number of hydrogen-bond donors (Lipinski definition) is 2. The van der Waals surface area contributed by atoms with Crippen LogP contribution in [0.3, 0.4) is 0 Å². The molecule has 3 heterocycles. The second kappa shape index (κ2) is 7.14. The molecule has 1 saturated heterocycles. The number of carbonyl (C=O) groups is 2. The van der Waals surface area contributed by atoms with Gasteiger partial charge in [-0.3, -0.25) is 14.6 Å². The zero-order valence-electron chi connectivity index (χ0n) is 14.7. The summed E-state index contributed by atoms with van der Waals surface area (Å²) in [5.74, 6) is -0.582. The number of nitrogens with one attached hydrogen (secondary N) is 2. The summed E-state index contributed by atoms with van der Waals surface area (Å²) in [6.07, 6.45) is 4.72. The third kappa shape index (κ3) is 3.64. The molecule has 8 nitrogen and oxygen atoms in total. The largest absolute Gasteiger partial charge is 0.417 e. The van der Waals surface area contributed by atoms with Gasteiger partial charge >= 0.3 is 5.76 Å². The van der Waals surface area contributed by atoms with E-state index in [1.807, 2.05) is 17.2 Å². The van der Waals surface area contributed by atoms with Gasteiger partial charge in [0.15, 0.2) is 5.58 Å². The van der Waals surface area contributed by atoms with Crippen molar-refractivity contribution < 1.29 is 14.0 Å². The molecule has 1 fully saturated rings. The van der Waals surface area contributed by atoms with Crippen LogP contribution < -0.4 is 5.76 Å². The Balaban J connectivity index is 1.42. The maximum absolute atomic E-state index is 12.8. The molecule has 1 aliphatic rings. The lowest BCUT2D eigenvalue weighted by atomic mass is 10.1. The summed E-state index contributed by atoms with van der Waals surface area (Å²) in [6.45, 7) is 2.23. The summed E-state index contributed by atoms with van der Waals surface area (Å²) in [6, 6.07) is 6.79. The van der Waals surface area contributed by atoms with Crippen LogP contribution in [0.4, 0.5) is 0 Å². The van der Waals surface area contributed by atoms with E-state index in [4.69, 9.17) is 4.42 Å². The van der Waals surface area contributed by atoms with E-state index >= 15 is 0 Å². The minimum atomic E-state index is -0.541. The number of aromatic nitrogens is 2. The molecule has 2 aromatic heterocycles. The minimum absolute atomic E-state index is 0.0706. The van der Waals surface area contributed by atoms with Crippen LogP contribution in [0.25, 0.3) is 11.1 Å². The minimum Gasteiger partial charge on any atom is -0.408 e. The number of amides is 2. The fourth-order valence-corrected chi connectivity index (χ4v) is 3.39. The van der Waals surface area contributed by atoms with Crippen LogP contribution in [-0.4, -0.2) is 57.8 Å². The zero-order chi connectivity index (χ0) is 18.8. The van der Waals surface area contributed by atoms with Crippen LogP contribution in [0.2, 0.25) is 0 Å². The van der Waals surface area contributed by atoms with Gasteiger partial charge in [-0.1, -0.05) is 0 Å². The van der Waals surface area contributed by atoms with Crippen LogP contribution in [0.1, 0.15) is 22.3 Å². The van der Waals surface area contributed by atoms with Gasteiger partial charge in [0.05, 0.1) is 11.9 Å². The van der Waals surface area contributed by atoms with Crippen molar-refractivity contribution in [2.75, 3.05) is 26.2 Å².